The molecule has 58 heavy (non-hydrogen) atoms. The number of rotatable bonds is 0. The van der Waals surface area contributed by atoms with Crippen LogP contribution in [0.15, 0.2) is 72.8 Å². The van der Waals surface area contributed by atoms with Gasteiger partial charge in [0.2, 0.25) is 0 Å². The fourth-order valence-electron chi connectivity index (χ4n) is 8.90. The maximum absolute atomic E-state index is 5.53. The van der Waals surface area contributed by atoms with E-state index in [0.717, 1.165) is 55.1 Å². The van der Waals surface area contributed by atoms with Gasteiger partial charge in [-0.3, -0.25) is 0 Å². The summed E-state index contributed by atoms with van der Waals surface area (Å²) in [5.74, 6) is 2.41. The van der Waals surface area contributed by atoms with E-state index < -0.39 is 0 Å². The van der Waals surface area contributed by atoms with Crippen LogP contribution in [0.2, 0.25) is 0 Å². The molecule has 0 saturated carbocycles. The van der Waals surface area contributed by atoms with Gasteiger partial charge in [-0.05, 0) is 43.9 Å². The first-order chi connectivity index (χ1) is 26.3. The average Bonchev–Trinajstić information content (AvgIpc) is 3.84. The number of nitrogens with one attached hydrogen (secondary N) is 2. The summed E-state index contributed by atoms with van der Waals surface area (Å²) < 4.78 is 0. The summed E-state index contributed by atoms with van der Waals surface area (Å²) in [6.07, 6.45) is 0. The van der Waals surface area contributed by atoms with Crippen LogP contribution < -0.4 is 37.7 Å². The molecule has 0 atom stereocenters. The van der Waals surface area contributed by atoms with Gasteiger partial charge >= 0.3 is 37.7 Å². The van der Waals surface area contributed by atoms with Gasteiger partial charge in [0.1, 0.15) is 22.6 Å². The molecule has 0 aliphatic carbocycles. The van der Waals surface area contributed by atoms with Crippen molar-refractivity contribution in [2.24, 2.45) is 0 Å². The maximum atomic E-state index is 5.53. The molecule has 0 fully saturated rings. The number of H-pyrrole nitrogens is 2. The summed E-state index contributed by atoms with van der Waals surface area (Å²) in [4.78, 5) is 39.2. The van der Waals surface area contributed by atoms with Crippen molar-refractivity contribution < 1.29 is 37.7 Å². The monoisotopic (exact) mass is 752 g/mol. The zero-order valence-electron chi connectivity index (χ0n) is 36.6. The molecular weight excluding hydrogens is 702 g/mol. The van der Waals surface area contributed by atoms with Crippen molar-refractivity contribution in [2.75, 3.05) is 0 Å². The Kier molecular flexibility index (Phi) is 10.1. The van der Waals surface area contributed by atoms with Gasteiger partial charge in [0.05, 0.1) is 0 Å². The van der Waals surface area contributed by atoms with E-state index in [1.54, 1.807) is 0 Å². The number of benzene rings is 4. The van der Waals surface area contributed by atoms with E-state index in [9.17, 15) is 0 Å². The van der Waals surface area contributed by atoms with Crippen molar-refractivity contribution in [3.8, 4) is 45.6 Å². The molecule has 10 heteroatoms. The Morgan fingerprint density at radius 1 is 0.328 bits per heavy atom. The van der Waals surface area contributed by atoms with Crippen molar-refractivity contribution >= 4 is 44.1 Å². The molecule has 0 unspecified atom stereocenters. The Labute approximate surface area is 365 Å². The Bertz CT molecular complexity index is 2770. The zero-order chi connectivity index (χ0) is 39.7. The number of nitrogens with zero attached hydrogens (tertiary/aromatic N) is 6. The van der Waals surface area contributed by atoms with Gasteiger partial charge < -0.3 is 9.97 Å². The third kappa shape index (κ3) is 6.63. The van der Waals surface area contributed by atoms with Crippen molar-refractivity contribution in [3.63, 3.8) is 0 Å². The summed E-state index contributed by atoms with van der Waals surface area (Å²) in [5.41, 5.74) is 10.9. The van der Waals surface area contributed by atoms with Gasteiger partial charge in [-0.25, -0.2) is 29.9 Å². The van der Waals surface area contributed by atoms with Crippen LogP contribution in [0, 0.1) is 0 Å². The normalized spacial score (nSPS) is 12.9. The van der Waals surface area contributed by atoms with Crippen LogP contribution in [0.25, 0.3) is 89.7 Å². The topological polar surface area (TPSA) is 109 Å². The van der Waals surface area contributed by atoms with Crippen LogP contribution >= 0.6 is 0 Å². The SMILES string of the molecule is CC(C)(C)c1c(C(C)(C)C)c(C(C)(C)C)c2c3nc4nc(nc5[nH]c(nc6nc(nc([nH]3)c2c1C(C)(C)C)-c1ccccc1-6)c1ccccc51)-c1ccccc1-4.[Li+].[Li+]. The summed E-state index contributed by atoms with van der Waals surface area (Å²) in [5, 5.41) is 4.06. The van der Waals surface area contributed by atoms with E-state index in [1.807, 2.05) is 36.4 Å². The van der Waals surface area contributed by atoms with Gasteiger partial charge in [0.25, 0.3) is 0 Å². The van der Waals surface area contributed by atoms with Crippen LogP contribution in [0.5, 0.6) is 0 Å². The van der Waals surface area contributed by atoms with Crippen LogP contribution in [0.4, 0.5) is 0 Å². The van der Waals surface area contributed by atoms with E-state index in [4.69, 9.17) is 29.9 Å². The minimum absolute atomic E-state index is 0. The number of hydrogen-bond donors (Lipinski definition) is 2. The Hall–Kier alpha value is -4.57. The van der Waals surface area contributed by atoms with Crippen molar-refractivity contribution in [1.29, 1.82) is 0 Å². The molecule has 3 aromatic heterocycles. The minimum atomic E-state index is -0.259. The Balaban J connectivity index is 0.00000256. The van der Waals surface area contributed by atoms with E-state index in [2.05, 4.69) is 129 Å². The number of fused-ring (bicyclic) bond motifs is 20. The second-order valence-corrected chi connectivity index (χ2v) is 19.5. The molecule has 5 heterocycles. The summed E-state index contributed by atoms with van der Waals surface area (Å²) >= 11 is 0. The number of aromatic nitrogens is 8. The van der Waals surface area contributed by atoms with Crippen LogP contribution in [-0.2, 0) is 21.7 Å². The molecule has 7 aromatic rings. The van der Waals surface area contributed by atoms with Gasteiger partial charge in [0, 0.05) is 43.8 Å². The first kappa shape index (κ1) is 41.6. The molecule has 0 spiro atoms. The standard InChI is InChI=1S/C48H50N8.2Li/c1-45(2,3)33-31-32(34(46(4,5)6)36(48(10,11)12)35(33)47(7,8)9)44-55-42-30-24-18-16-22-28(30)40(53-42)51-38-26-20-14-13-19-25(26)37(49-38)50-39-27-21-15-17-23-29(27)41(52-39)54-43(31)56-44;;/h13-24H,1-12H3,(H2,49,50,51,52,53,54,55,56);;/q;2*+1. The van der Waals surface area contributed by atoms with E-state index in [0.29, 0.717) is 34.6 Å². The van der Waals surface area contributed by atoms with Crippen molar-refractivity contribution in [2.45, 2.75) is 105 Å². The fraction of sp³-hybridized carbons (Fsp3) is 0.333. The van der Waals surface area contributed by atoms with E-state index in [1.165, 1.54) is 22.3 Å². The van der Waals surface area contributed by atoms with Gasteiger partial charge in [0.15, 0.2) is 23.3 Å². The maximum Gasteiger partial charge on any atom is 1.00 e. The number of aromatic amines is 2. The molecule has 4 aromatic carbocycles. The second-order valence-electron chi connectivity index (χ2n) is 19.5. The predicted molar refractivity (Wildman–Crippen MR) is 231 cm³/mol. The first-order valence-corrected chi connectivity index (χ1v) is 19.7. The molecule has 9 rings (SSSR count). The minimum Gasteiger partial charge on any atom is -0.324 e. The van der Waals surface area contributed by atoms with Crippen LogP contribution in [0.1, 0.15) is 105 Å². The molecule has 8 nitrogen and oxygen atoms in total. The Morgan fingerprint density at radius 2 is 0.586 bits per heavy atom. The molecule has 8 bridgehead atoms. The molecule has 2 aliphatic heterocycles. The predicted octanol–water partition coefficient (Wildman–Crippen LogP) is 6.07. The molecule has 2 N–H and O–H groups in total. The largest absolute Gasteiger partial charge is 1.00 e. The summed E-state index contributed by atoms with van der Waals surface area (Å²) in [7, 11) is 0. The Morgan fingerprint density at radius 3 is 0.879 bits per heavy atom. The summed E-state index contributed by atoms with van der Waals surface area (Å²) in [6.45, 7) is 28.0. The zero-order valence-corrected chi connectivity index (χ0v) is 36.6. The van der Waals surface area contributed by atoms with Crippen LogP contribution in [0.3, 0.4) is 0 Å². The van der Waals surface area contributed by atoms with E-state index >= 15 is 0 Å². The smallest absolute Gasteiger partial charge is 0.324 e. The molecule has 282 valence electrons. The molecule has 0 saturated heterocycles. The molecule has 0 radical (unpaired) electrons. The van der Waals surface area contributed by atoms with Crippen LogP contribution in [-0.4, -0.2) is 39.9 Å². The average molecular weight is 753 g/mol. The third-order valence-corrected chi connectivity index (χ3v) is 11.0. The van der Waals surface area contributed by atoms with E-state index in [-0.39, 0.29) is 59.4 Å². The van der Waals surface area contributed by atoms with Crippen molar-refractivity contribution in [1.82, 2.24) is 39.9 Å². The molecule has 2 aliphatic rings. The molecular formula is C48H50Li2N8+2. The molecule has 0 amide bonds. The summed E-state index contributed by atoms with van der Waals surface area (Å²) in [6, 6.07) is 24.6. The quantitative estimate of drug-likeness (QED) is 0.182. The second kappa shape index (κ2) is 14.0. The van der Waals surface area contributed by atoms with Gasteiger partial charge in [-0.2, -0.15) is 0 Å². The first-order valence-electron chi connectivity index (χ1n) is 19.7. The third-order valence-electron chi connectivity index (χ3n) is 11.0. The fourth-order valence-corrected chi connectivity index (χ4v) is 8.90. The van der Waals surface area contributed by atoms with Crippen molar-refractivity contribution in [3.05, 3.63) is 95.1 Å². The van der Waals surface area contributed by atoms with Gasteiger partial charge in [-0.1, -0.05) is 156 Å². The van der Waals surface area contributed by atoms with Gasteiger partial charge in [-0.15, -0.1) is 0 Å². The number of hydrogen-bond acceptors (Lipinski definition) is 6.